The maximum Gasteiger partial charge on any atom is 0.0858 e. The van der Waals surface area contributed by atoms with Crippen molar-refractivity contribution in [2.45, 2.75) is 19.8 Å². The number of nitrogens with zero attached hydrogens (tertiary/aromatic N) is 1. The van der Waals surface area contributed by atoms with Crippen LogP contribution < -0.4 is 0 Å². The predicted molar refractivity (Wildman–Crippen MR) is 81.5 cm³/mol. The van der Waals surface area contributed by atoms with Crippen LogP contribution in [0.5, 0.6) is 0 Å². The van der Waals surface area contributed by atoms with E-state index >= 15 is 0 Å². The summed E-state index contributed by atoms with van der Waals surface area (Å²) in [5.41, 5.74) is 2.18. The number of aryl methyl sites for hydroxylation is 1. The molecule has 2 aromatic rings. The average Bonchev–Trinajstić information content (AvgIpc) is 2.20. The lowest BCUT2D eigenvalue weighted by molar-refractivity contribution is 0.888. The fourth-order valence-corrected chi connectivity index (χ4v) is 2.64. The largest absolute Gasteiger partial charge is 0.252 e. The summed E-state index contributed by atoms with van der Waals surface area (Å²) in [6, 6.07) is 8.24. The van der Waals surface area contributed by atoms with Gasteiger partial charge in [-0.3, -0.25) is 4.98 Å². The fraction of sp³-hybridized carbons (Fsp3) is 0.250. The molecule has 4 heteroatoms. The third-order valence-electron chi connectivity index (χ3n) is 2.30. The summed E-state index contributed by atoms with van der Waals surface area (Å²) >= 11 is 7.12. The molecule has 0 amide bonds. The van der Waals surface area contributed by atoms with Crippen molar-refractivity contribution in [2.75, 3.05) is 0 Å². The van der Waals surface area contributed by atoms with Crippen LogP contribution in [0.4, 0.5) is 0 Å². The summed E-state index contributed by atoms with van der Waals surface area (Å²) in [7, 11) is 0. The molecule has 0 saturated heterocycles. The second-order valence-electron chi connectivity index (χ2n) is 3.48. The van der Waals surface area contributed by atoms with Crippen molar-refractivity contribution in [2.24, 2.45) is 0 Å². The number of rotatable bonds is 2. The van der Waals surface area contributed by atoms with Crippen LogP contribution in [0.2, 0.25) is 0 Å². The Morgan fingerprint density at radius 2 is 1.94 bits per heavy atom. The van der Waals surface area contributed by atoms with Gasteiger partial charge in [0.15, 0.2) is 0 Å². The highest BCUT2D eigenvalue weighted by atomic mass is 79.9. The van der Waals surface area contributed by atoms with E-state index in [0.29, 0.717) is 0 Å². The van der Waals surface area contributed by atoms with Crippen molar-refractivity contribution in [1.82, 2.24) is 4.98 Å². The van der Waals surface area contributed by atoms with Crippen molar-refractivity contribution in [3.05, 3.63) is 38.9 Å². The highest BCUT2D eigenvalue weighted by molar-refractivity contribution is 9.11. The molecule has 0 radical (unpaired) electrons. The first kappa shape index (κ1) is 14.1. The SMILES string of the molecule is Br.CCCc1cc(Br)c2cccc(Br)c2n1. The van der Waals surface area contributed by atoms with Gasteiger partial charge in [0.05, 0.1) is 5.52 Å². The maximum atomic E-state index is 4.65. The first-order valence-corrected chi connectivity index (χ1v) is 6.54. The number of hydrogen-bond donors (Lipinski definition) is 0. The van der Waals surface area contributed by atoms with Gasteiger partial charge in [0.2, 0.25) is 0 Å². The van der Waals surface area contributed by atoms with E-state index in [-0.39, 0.29) is 17.0 Å². The predicted octanol–water partition coefficient (Wildman–Crippen LogP) is 5.29. The standard InChI is InChI=1S/C12H11Br2N.BrH/c1-2-4-8-7-11(14)9-5-3-6-10(13)12(9)15-8;/h3,5-7H,2,4H2,1H3;1H. The van der Waals surface area contributed by atoms with Crippen molar-refractivity contribution in [3.63, 3.8) is 0 Å². The van der Waals surface area contributed by atoms with E-state index in [0.717, 1.165) is 38.4 Å². The lowest BCUT2D eigenvalue weighted by atomic mass is 10.1. The van der Waals surface area contributed by atoms with Crippen LogP contribution in [0.3, 0.4) is 0 Å². The molecular weight excluding hydrogens is 398 g/mol. The molecule has 0 unspecified atom stereocenters. The van der Waals surface area contributed by atoms with Gasteiger partial charge >= 0.3 is 0 Å². The summed E-state index contributed by atoms with van der Waals surface area (Å²) in [4.78, 5) is 4.65. The number of benzene rings is 1. The minimum atomic E-state index is 0. The Morgan fingerprint density at radius 3 is 2.62 bits per heavy atom. The fourth-order valence-electron chi connectivity index (χ4n) is 1.61. The Morgan fingerprint density at radius 1 is 1.19 bits per heavy atom. The number of halogens is 3. The van der Waals surface area contributed by atoms with Gasteiger partial charge in [0.1, 0.15) is 0 Å². The molecule has 1 aromatic heterocycles. The molecule has 0 aliphatic carbocycles. The smallest absolute Gasteiger partial charge is 0.0858 e. The Kier molecular flexibility index (Phi) is 5.41. The topological polar surface area (TPSA) is 12.9 Å². The van der Waals surface area contributed by atoms with E-state index in [4.69, 9.17) is 0 Å². The molecule has 1 heterocycles. The van der Waals surface area contributed by atoms with E-state index in [1.54, 1.807) is 0 Å². The van der Waals surface area contributed by atoms with E-state index in [1.165, 1.54) is 0 Å². The highest BCUT2D eigenvalue weighted by Crippen LogP contribution is 2.28. The number of para-hydroxylation sites is 1. The zero-order chi connectivity index (χ0) is 10.8. The van der Waals surface area contributed by atoms with Crippen LogP contribution in [0.1, 0.15) is 19.0 Å². The molecule has 2 rings (SSSR count). The molecule has 0 atom stereocenters. The van der Waals surface area contributed by atoms with Gasteiger partial charge < -0.3 is 0 Å². The third-order valence-corrected chi connectivity index (χ3v) is 3.59. The molecule has 0 aliphatic rings. The van der Waals surface area contributed by atoms with E-state index in [1.807, 2.05) is 12.1 Å². The lowest BCUT2D eigenvalue weighted by Crippen LogP contribution is -1.91. The van der Waals surface area contributed by atoms with Gasteiger partial charge in [0, 0.05) is 20.0 Å². The number of aromatic nitrogens is 1. The van der Waals surface area contributed by atoms with Crippen molar-refractivity contribution < 1.29 is 0 Å². The number of hydrogen-bond acceptors (Lipinski definition) is 1. The van der Waals surface area contributed by atoms with Crippen molar-refractivity contribution in [3.8, 4) is 0 Å². The minimum Gasteiger partial charge on any atom is -0.252 e. The molecule has 86 valence electrons. The Hall–Kier alpha value is 0.0700. The Balaban J connectivity index is 0.00000128. The van der Waals surface area contributed by atoms with Gasteiger partial charge in [-0.25, -0.2) is 0 Å². The van der Waals surface area contributed by atoms with Gasteiger partial charge in [0.25, 0.3) is 0 Å². The van der Waals surface area contributed by atoms with Gasteiger partial charge in [-0.05, 0) is 34.5 Å². The van der Waals surface area contributed by atoms with Crippen LogP contribution in [0.15, 0.2) is 33.2 Å². The lowest BCUT2D eigenvalue weighted by Gasteiger charge is -2.05. The molecule has 0 bridgehead atoms. The monoisotopic (exact) mass is 407 g/mol. The molecule has 0 N–H and O–H groups in total. The molecule has 0 fully saturated rings. The first-order valence-electron chi connectivity index (χ1n) is 4.96. The molecule has 1 nitrogen and oxygen atoms in total. The number of pyridine rings is 1. The van der Waals surface area contributed by atoms with Gasteiger partial charge in [-0.1, -0.05) is 41.4 Å². The van der Waals surface area contributed by atoms with E-state index in [2.05, 4.69) is 55.9 Å². The van der Waals surface area contributed by atoms with Crippen LogP contribution in [0, 0.1) is 0 Å². The molecule has 0 aliphatic heterocycles. The summed E-state index contributed by atoms with van der Waals surface area (Å²) in [6.45, 7) is 2.17. The highest BCUT2D eigenvalue weighted by Gasteiger charge is 2.05. The zero-order valence-electron chi connectivity index (χ0n) is 8.84. The third kappa shape index (κ3) is 2.84. The maximum absolute atomic E-state index is 4.65. The molecule has 16 heavy (non-hydrogen) atoms. The van der Waals surface area contributed by atoms with Gasteiger partial charge in [-0.15, -0.1) is 17.0 Å². The Bertz CT molecular complexity index is 497. The Labute approximate surface area is 123 Å². The molecule has 0 saturated carbocycles. The summed E-state index contributed by atoms with van der Waals surface area (Å²) in [6.07, 6.45) is 2.14. The number of fused-ring (bicyclic) bond motifs is 1. The summed E-state index contributed by atoms with van der Waals surface area (Å²) in [5.74, 6) is 0. The van der Waals surface area contributed by atoms with Gasteiger partial charge in [-0.2, -0.15) is 0 Å². The normalized spacial score (nSPS) is 10.2. The second kappa shape index (κ2) is 6.12. The van der Waals surface area contributed by atoms with Crippen LogP contribution >= 0.6 is 48.8 Å². The van der Waals surface area contributed by atoms with Crippen LogP contribution in [-0.4, -0.2) is 4.98 Å². The van der Waals surface area contributed by atoms with Crippen LogP contribution in [-0.2, 0) is 6.42 Å². The van der Waals surface area contributed by atoms with Crippen molar-refractivity contribution in [1.29, 1.82) is 0 Å². The van der Waals surface area contributed by atoms with Crippen molar-refractivity contribution >= 4 is 59.7 Å². The molecular formula is C12H12Br3N. The first-order chi connectivity index (χ1) is 7.22. The van der Waals surface area contributed by atoms with Crippen LogP contribution in [0.25, 0.3) is 10.9 Å². The van der Waals surface area contributed by atoms with E-state index < -0.39 is 0 Å². The summed E-state index contributed by atoms with van der Waals surface area (Å²) < 4.78 is 2.18. The molecule has 1 aromatic carbocycles. The zero-order valence-corrected chi connectivity index (χ0v) is 13.7. The molecule has 0 spiro atoms. The average molecular weight is 410 g/mol. The minimum absolute atomic E-state index is 0. The van der Waals surface area contributed by atoms with E-state index in [9.17, 15) is 0 Å². The summed E-state index contributed by atoms with van der Waals surface area (Å²) in [5, 5.41) is 1.16. The second-order valence-corrected chi connectivity index (χ2v) is 5.19. The quantitative estimate of drug-likeness (QED) is 0.656.